The van der Waals surface area contributed by atoms with Crippen molar-refractivity contribution in [3.05, 3.63) is 53.8 Å². The normalized spacial score (nSPS) is 13.7. The van der Waals surface area contributed by atoms with Gasteiger partial charge in [0.25, 0.3) is 0 Å². The molecule has 0 saturated heterocycles. The zero-order chi connectivity index (χ0) is 18.5. The molecule has 0 saturated carbocycles. The minimum Gasteiger partial charge on any atom is -0.486 e. The molecule has 1 aliphatic heterocycles. The third kappa shape index (κ3) is 4.50. The highest BCUT2D eigenvalue weighted by Crippen LogP contribution is 2.33. The number of anilines is 1. The van der Waals surface area contributed by atoms with E-state index in [2.05, 4.69) is 5.32 Å². The van der Waals surface area contributed by atoms with Crippen LogP contribution in [0.5, 0.6) is 11.5 Å². The molecule has 2 aromatic carbocycles. The molecule has 0 aliphatic carbocycles. The Labute approximate surface area is 149 Å². The van der Waals surface area contributed by atoms with E-state index in [0.717, 1.165) is 0 Å². The lowest BCUT2D eigenvalue weighted by atomic mass is 9.92. The summed E-state index contributed by atoms with van der Waals surface area (Å²) in [4.78, 5) is 23.5. The number of nitrogens with one attached hydrogen (secondary N) is 1. The quantitative estimate of drug-likeness (QED) is 0.827. The number of ether oxygens (including phenoxy) is 2. The number of fused-ring (bicyclic) bond motifs is 1. The van der Waals surface area contributed by atoms with Crippen molar-refractivity contribution >= 4 is 17.6 Å². The van der Waals surface area contributed by atoms with Gasteiger partial charge in [0.2, 0.25) is 5.91 Å². The molecule has 2 N–H and O–H groups in total. The number of carboxylic acids is 1. The number of halogens is 1. The lowest BCUT2D eigenvalue weighted by molar-refractivity contribution is -0.137. The minimum absolute atomic E-state index is 0.0353. The largest absolute Gasteiger partial charge is 0.486 e. The van der Waals surface area contributed by atoms with Crippen LogP contribution in [0.3, 0.4) is 0 Å². The van der Waals surface area contributed by atoms with Crippen LogP contribution in [-0.2, 0) is 9.59 Å². The number of hydrogen-bond acceptors (Lipinski definition) is 4. The standard InChI is InChI=1S/C19H18FNO5/c20-14-3-1-12(2-4-14)13(10-19(23)24)9-18(22)21-15-5-6-16-17(11-15)26-8-7-25-16/h1-6,11,13H,7-10H2,(H,21,22)(H,23,24)/t13-/m1/s1. The van der Waals surface area contributed by atoms with Crippen LogP contribution in [0, 0.1) is 5.82 Å². The molecule has 0 spiro atoms. The molecule has 136 valence electrons. The van der Waals surface area contributed by atoms with Crippen molar-refractivity contribution < 1.29 is 28.6 Å². The highest BCUT2D eigenvalue weighted by atomic mass is 19.1. The number of aliphatic carboxylic acids is 1. The highest BCUT2D eigenvalue weighted by molar-refractivity contribution is 5.92. The van der Waals surface area contributed by atoms with E-state index < -0.39 is 17.7 Å². The molecular weight excluding hydrogens is 341 g/mol. The SMILES string of the molecule is O=C(O)C[C@@H](CC(=O)Nc1ccc2c(c1)OCCO2)c1ccc(F)cc1. The van der Waals surface area contributed by atoms with Gasteiger partial charge < -0.3 is 19.9 Å². The van der Waals surface area contributed by atoms with Crippen LogP contribution < -0.4 is 14.8 Å². The Kier molecular flexibility index (Phi) is 5.36. The second-order valence-corrected chi connectivity index (χ2v) is 5.96. The first kappa shape index (κ1) is 17.7. The van der Waals surface area contributed by atoms with Gasteiger partial charge in [-0.3, -0.25) is 9.59 Å². The summed E-state index contributed by atoms with van der Waals surface area (Å²) in [5.74, 6) is -1.16. The number of benzene rings is 2. The summed E-state index contributed by atoms with van der Waals surface area (Å²) in [6.45, 7) is 0.920. The fourth-order valence-electron chi connectivity index (χ4n) is 2.81. The van der Waals surface area contributed by atoms with E-state index in [1.807, 2.05) is 0 Å². The Hall–Kier alpha value is -3.09. The first-order valence-corrected chi connectivity index (χ1v) is 8.18. The second-order valence-electron chi connectivity index (χ2n) is 5.96. The molecule has 1 heterocycles. The molecule has 26 heavy (non-hydrogen) atoms. The van der Waals surface area contributed by atoms with Crippen LogP contribution in [0.15, 0.2) is 42.5 Å². The van der Waals surface area contributed by atoms with Gasteiger partial charge >= 0.3 is 5.97 Å². The fourth-order valence-corrected chi connectivity index (χ4v) is 2.81. The van der Waals surface area contributed by atoms with E-state index in [1.54, 1.807) is 18.2 Å². The van der Waals surface area contributed by atoms with E-state index >= 15 is 0 Å². The number of carboxylic acid groups (broad SMARTS) is 1. The molecule has 6 nitrogen and oxygen atoms in total. The third-order valence-corrected chi connectivity index (χ3v) is 4.02. The number of rotatable bonds is 6. The number of amides is 1. The molecule has 0 unspecified atom stereocenters. The molecule has 0 aromatic heterocycles. The van der Waals surface area contributed by atoms with Gasteiger partial charge in [-0.25, -0.2) is 4.39 Å². The van der Waals surface area contributed by atoms with Crippen LogP contribution in [0.1, 0.15) is 24.3 Å². The lowest BCUT2D eigenvalue weighted by Gasteiger charge is -2.19. The minimum atomic E-state index is -1.02. The lowest BCUT2D eigenvalue weighted by Crippen LogP contribution is -2.19. The number of hydrogen-bond donors (Lipinski definition) is 2. The molecule has 0 fully saturated rings. The Morgan fingerprint density at radius 2 is 1.73 bits per heavy atom. The predicted molar refractivity (Wildman–Crippen MR) is 92.1 cm³/mol. The van der Waals surface area contributed by atoms with Crippen LogP contribution in [0.25, 0.3) is 0 Å². The van der Waals surface area contributed by atoms with Gasteiger partial charge in [0.1, 0.15) is 19.0 Å². The smallest absolute Gasteiger partial charge is 0.303 e. The van der Waals surface area contributed by atoms with Crippen molar-refractivity contribution in [3.63, 3.8) is 0 Å². The van der Waals surface area contributed by atoms with Crippen molar-refractivity contribution in [3.8, 4) is 11.5 Å². The molecule has 1 amide bonds. The number of carbonyl (C=O) groups excluding carboxylic acids is 1. The summed E-state index contributed by atoms with van der Waals surface area (Å²) in [5, 5.41) is 11.8. The van der Waals surface area contributed by atoms with Gasteiger partial charge in [-0.2, -0.15) is 0 Å². The Balaban J connectivity index is 1.69. The van der Waals surface area contributed by atoms with Crippen molar-refractivity contribution in [1.29, 1.82) is 0 Å². The van der Waals surface area contributed by atoms with Crippen molar-refractivity contribution in [1.82, 2.24) is 0 Å². The zero-order valence-electron chi connectivity index (χ0n) is 13.9. The van der Waals surface area contributed by atoms with E-state index in [1.165, 1.54) is 24.3 Å². The summed E-state index contributed by atoms with van der Waals surface area (Å²) in [6, 6.07) is 10.6. The van der Waals surface area contributed by atoms with Gasteiger partial charge in [0.15, 0.2) is 11.5 Å². The average Bonchev–Trinajstić information content (AvgIpc) is 2.61. The van der Waals surface area contributed by atoms with Crippen LogP contribution >= 0.6 is 0 Å². The van der Waals surface area contributed by atoms with Gasteiger partial charge in [-0.15, -0.1) is 0 Å². The molecule has 3 rings (SSSR count). The van der Waals surface area contributed by atoms with Crippen LogP contribution in [0.2, 0.25) is 0 Å². The average molecular weight is 359 g/mol. The fraction of sp³-hybridized carbons (Fsp3) is 0.263. The Morgan fingerprint density at radius 1 is 1.04 bits per heavy atom. The Bertz CT molecular complexity index is 806. The van der Waals surface area contributed by atoms with E-state index in [9.17, 15) is 14.0 Å². The molecule has 2 aromatic rings. The van der Waals surface area contributed by atoms with Gasteiger partial charge in [0.05, 0.1) is 6.42 Å². The second kappa shape index (κ2) is 7.86. The maximum absolute atomic E-state index is 13.1. The predicted octanol–water partition coefficient (Wildman–Crippen LogP) is 3.18. The van der Waals surface area contributed by atoms with Crippen LogP contribution in [0.4, 0.5) is 10.1 Å². The van der Waals surface area contributed by atoms with Crippen molar-refractivity contribution in [2.24, 2.45) is 0 Å². The zero-order valence-corrected chi connectivity index (χ0v) is 13.9. The van der Waals surface area contributed by atoms with Crippen molar-refractivity contribution in [2.45, 2.75) is 18.8 Å². The third-order valence-electron chi connectivity index (χ3n) is 4.02. The summed E-state index contributed by atoms with van der Waals surface area (Å²) in [7, 11) is 0. The van der Waals surface area contributed by atoms with Gasteiger partial charge in [-0.1, -0.05) is 12.1 Å². The van der Waals surface area contributed by atoms with Gasteiger partial charge in [-0.05, 0) is 29.8 Å². The Morgan fingerprint density at radius 3 is 2.42 bits per heavy atom. The molecule has 7 heteroatoms. The number of carbonyl (C=O) groups is 2. The van der Waals surface area contributed by atoms with E-state index in [-0.39, 0.29) is 18.7 Å². The first-order valence-electron chi connectivity index (χ1n) is 8.18. The van der Waals surface area contributed by atoms with E-state index in [4.69, 9.17) is 14.6 Å². The van der Waals surface area contributed by atoms with Gasteiger partial charge in [0, 0.05) is 24.1 Å². The summed E-state index contributed by atoms with van der Waals surface area (Å²) in [6.07, 6.45) is -0.257. The molecule has 0 bridgehead atoms. The van der Waals surface area contributed by atoms with Crippen LogP contribution in [-0.4, -0.2) is 30.2 Å². The van der Waals surface area contributed by atoms with E-state index in [0.29, 0.717) is 36.0 Å². The topological polar surface area (TPSA) is 84.9 Å². The summed E-state index contributed by atoms with van der Waals surface area (Å²) < 4.78 is 24.0. The maximum Gasteiger partial charge on any atom is 0.303 e. The molecular formula is C19H18FNO5. The summed E-state index contributed by atoms with van der Waals surface area (Å²) in [5.41, 5.74) is 1.14. The summed E-state index contributed by atoms with van der Waals surface area (Å²) >= 11 is 0. The van der Waals surface area contributed by atoms with Crippen molar-refractivity contribution in [2.75, 3.05) is 18.5 Å². The molecule has 1 aliphatic rings. The first-order chi connectivity index (χ1) is 12.5. The maximum atomic E-state index is 13.1. The highest BCUT2D eigenvalue weighted by Gasteiger charge is 2.20. The molecule has 1 atom stereocenters. The molecule has 0 radical (unpaired) electrons. The monoisotopic (exact) mass is 359 g/mol.